The van der Waals surface area contributed by atoms with E-state index in [2.05, 4.69) is 0 Å². The quantitative estimate of drug-likeness (QED) is 0.642. The van der Waals surface area contributed by atoms with Crippen molar-refractivity contribution < 1.29 is 35.5 Å². The second-order valence-corrected chi connectivity index (χ2v) is 2.29. The number of halogens is 7. The van der Waals surface area contributed by atoms with Gasteiger partial charge in [-0.25, -0.2) is 0 Å². The van der Waals surface area contributed by atoms with Crippen LogP contribution in [0.5, 0.6) is 0 Å². The van der Waals surface area contributed by atoms with Gasteiger partial charge in [-0.2, -0.15) is 30.7 Å². The van der Waals surface area contributed by atoms with Crippen molar-refractivity contribution in [2.45, 2.75) is 24.9 Å². The summed E-state index contributed by atoms with van der Waals surface area (Å²) in [6.45, 7) is -0.462. The van der Waals surface area contributed by atoms with Crippen molar-refractivity contribution in [2.24, 2.45) is 0 Å². The number of alkyl halides is 7. The summed E-state index contributed by atoms with van der Waals surface area (Å²) in [7, 11) is 0. The van der Waals surface area contributed by atoms with Crippen molar-refractivity contribution in [3.05, 3.63) is 0 Å². The predicted molar refractivity (Wildman–Crippen MR) is 26.6 cm³/mol. The standard InChI is InChI=1S/C5H3F7O/c1-3(6,7)4(8,9)2(13)5(10,11)12/h1H3. The van der Waals surface area contributed by atoms with E-state index in [1.54, 1.807) is 0 Å². The molecule has 1 nitrogen and oxygen atoms in total. The highest BCUT2D eigenvalue weighted by Gasteiger charge is 2.66. The van der Waals surface area contributed by atoms with E-state index in [0.29, 0.717) is 0 Å². The number of ketones is 1. The van der Waals surface area contributed by atoms with Crippen molar-refractivity contribution in [1.29, 1.82) is 0 Å². The van der Waals surface area contributed by atoms with Gasteiger partial charge in [0.15, 0.2) is 0 Å². The fourth-order valence-corrected chi connectivity index (χ4v) is 0.377. The molecule has 0 saturated heterocycles. The van der Waals surface area contributed by atoms with Gasteiger partial charge in [0.05, 0.1) is 0 Å². The highest BCUT2D eigenvalue weighted by molar-refractivity contribution is 5.91. The second kappa shape index (κ2) is 2.85. The van der Waals surface area contributed by atoms with Gasteiger partial charge in [0.1, 0.15) is 0 Å². The van der Waals surface area contributed by atoms with Crippen LogP contribution in [0.4, 0.5) is 30.7 Å². The van der Waals surface area contributed by atoms with Gasteiger partial charge in [-0.3, -0.25) is 4.79 Å². The molecular formula is C5H3F7O. The average Bonchev–Trinajstić information content (AvgIpc) is 1.81. The van der Waals surface area contributed by atoms with Gasteiger partial charge in [-0.05, 0) is 0 Å². The maximum Gasteiger partial charge on any atom is 0.456 e. The Kier molecular flexibility index (Phi) is 2.67. The van der Waals surface area contributed by atoms with Gasteiger partial charge in [0.25, 0.3) is 0 Å². The third-order valence-corrected chi connectivity index (χ3v) is 1.09. The monoisotopic (exact) mass is 212 g/mol. The van der Waals surface area contributed by atoms with Crippen LogP contribution in [-0.2, 0) is 4.79 Å². The third kappa shape index (κ3) is 2.31. The molecule has 0 aromatic heterocycles. The summed E-state index contributed by atoms with van der Waals surface area (Å²) in [5, 5.41) is 0. The van der Waals surface area contributed by atoms with Crippen LogP contribution in [0.1, 0.15) is 6.92 Å². The minimum Gasteiger partial charge on any atom is -0.282 e. The van der Waals surface area contributed by atoms with Crippen LogP contribution < -0.4 is 0 Å². The molecule has 0 fully saturated rings. The number of carbonyl (C=O) groups excluding carboxylic acids is 1. The first kappa shape index (κ1) is 12.2. The first-order chi connectivity index (χ1) is 5.40. The fraction of sp³-hybridized carbons (Fsp3) is 0.800. The third-order valence-electron chi connectivity index (χ3n) is 1.09. The molecule has 8 heteroatoms. The van der Waals surface area contributed by atoms with Gasteiger partial charge in [-0.15, -0.1) is 0 Å². The molecule has 0 amide bonds. The fourth-order valence-electron chi connectivity index (χ4n) is 0.377. The van der Waals surface area contributed by atoms with Crippen molar-refractivity contribution in [1.82, 2.24) is 0 Å². The van der Waals surface area contributed by atoms with Crippen LogP contribution in [0.15, 0.2) is 0 Å². The summed E-state index contributed by atoms with van der Waals surface area (Å²) in [5.41, 5.74) is 0. The average molecular weight is 212 g/mol. The first-order valence-electron chi connectivity index (χ1n) is 2.78. The van der Waals surface area contributed by atoms with E-state index in [0.717, 1.165) is 0 Å². The van der Waals surface area contributed by atoms with Crippen molar-refractivity contribution in [2.75, 3.05) is 0 Å². The molecule has 13 heavy (non-hydrogen) atoms. The molecule has 0 aromatic carbocycles. The Hall–Kier alpha value is -0.820. The van der Waals surface area contributed by atoms with Crippen LogP contribution in [0, 0.1) is 0 Å². The number of hydrogen-bond acceptors (Lipinski definition) is 1. The lowest BCUT2D eigenvalue weighted by Gasteiger charge is -2.22. The molecule has 78 valence electrons. The van der Waals surface area contributed by atoms with Crippen LogP contribution in [-0.4, -0.2) is 23.8 Å². The number of hydrogen-bond donors (Lipinski definition) is 0. The summed E-state index contributed by atoms with van der Waals surface area (Å²) in [6.07, 6.45) is -5.97. The summed E-state index contributed by atoms with van der Waals surface area (Å²) in [6, 6.07) is 0. The van der Waals surface area contributed by atoms with E-state index in [1.807, 2.05) is 0 Å². The Morgan fingerprint density at radius 1 is 0.923 bits per heavy atom. The van der Waals surface area contributed by atoms with Gasteiger partial charge in [0, 0.05) is 6.92 Å². The van der Waals surface area contributed by atoms with E-state index >= 15 is 0 Å². The van der Waals surface area contributed by atoms with Crippen LogP contribution in [0.25, 0.3) is 0 Å². The highest BCUT2D eigenvalue weighted by atomic mass is 19.4. The van der Waals surface area contributed by atoms with Crippen LogP contribution in [0.3, 0.4) is 0 Å². The predicted octanol–water partition coefficient (Wildman–Crippen LogP) is 2.41. The van der Waals surface area contributed by atoms with Crippen molar-refractivity contribution >= 4 is 5.78 Å². The highest BCUT2D eigenvalue weighted by Crippen LogP contribution is 2.39. The zero-order valence-electron chi connectivity index (χ0n) is 6.05. The molecule has 0 rings (SSSR count). The molecule has 0 radical (unpaired) electrons. The SMILES string of the molecule is CC(F)(F)C(F)(F)C(=O)C(F)(F)F. The van der Waals surface area contributed by atoms with E-state index < -0.39 is 30.7 Å². The van der Waals surface area contributed by atoms with E-state index in [4.69, 9.17) is 0 Å². The molecule has 0 bridgehead atoms. The van der Waals surface area contributed by atoms with Crippen molar-refractivity contribution in [3.63, 3.8) is 0 Å². The molecule has 0 aliphatic carbocycles. The molecule has 0 aromatic rings. The Labute approximate surface area is 67.5 Å². The lowest BCUT2D eigenvalue weighted by Crippen LogP contribution is -2.50. The van der Waals surface area contributed by atoms with E-state index in [1.165, 1.54) is 0 Å². The van der Waals surface area contributed by atoms with Crippen LogP contribution >= 0.6 is 0 Å². The van der Waals surface area contributed by atoms with Gasteiger partial charge >= 0.3 is 23.8 Å². The number of Topliss-reactive ketones (excluding diaryl/α,β-unsaturated/α-hetero) is 1. The van der Waals surface area contributed by atoms with Gasteiger partial charge in [0.2, 0.25) is 0 Å². The maximum absolute atomic E-state index is 12.0. The first-order valence-corrected chi connectivity index (χ1v) is 2.78. The Morgan fingerprint density at radius 2 is 1.23 bits per heavy atom. The largest absolute Gasteiger partial charge is 0.456 e. The van der Waals surface area contributed by atoms with E-state index in [-0.39, 0.29) is 0 Å². The minimum atomic E-state index is -5.97. The van der Waals surface area contributed by atoms with Gasteiger partial charge in [-0.1, -0.05) is 0 Å². The summed E-state index contributed by atoms with van der Waals surface area (Å²) in [4.78, 5) is 9.78. The summed E-state index contributed by atoms with van der Waals surface area (Å²) < 4.78 is 81.6. The topological polar surface area (TPSA) is 17.1 Å². The molecular weight excluding hydrogens is 209 g/mol. The summed E-state index contributed by atoms with van der Waals surface area (Å²) in [5.74, 6) is -14.5. The molecule has 0 heterocycles. The molecule has 0 aliphatic heterocycles. The number of carbonyl (C=O) groups is 1. The molecule has 0 unspecified atom stereocenters. The zero-order chi connectivity index (χ0) is 11.1. The maximum atomic E-state index is 12.0. The minimum absolute atomic E-state index is 0.462. The lowest BCUT2D eigenvalue weighted by atomic mass is 10.1. The van der Waals surface area contributed by atoms with Crippen molar-refractivity contribution in [3.8, 4) is 0 Å². The molecule has 0 atom stereocenters. The van der Waals surface area contributed by atoms with Gasteiger partial charge < -0.3 is 0 Å². The smallest absolute Gasteiger partial charge is 0.282 e. The second-order valence-electron chi connectivity index (χ2n) is 2.29. The Bertz CT molecular complexity index is 210. The molecule has 0 N–H and O–H groups in total. The molecule has 0 saturated carbocycles. The van der Waals surface area contributed by atoms with Crippen LogP contribution in [0.2, 0.25) is 0 Å². The molecule has 0 aliphatic rings. The normalized spacial score (nSPS) is 14.5. The Morgan fingerprint density at radius 3 is 1.31 bits per heavy atom. The molecule has 0 spiro atoms. The number of rotatable bonds is 2. The lowest BCUT2D eigenvalue weighted by molar-refractivity contribution is -0.234. The Balaban J connectivity index is 4.98. The zero-order valence-corrected chi connectivity index (χ0v) is 6.05. The summed E-state index contributed by atoms with van der Waals surface area (Å²) >= 11 is 0. The van der Waals surface area contributed by atoms with E-state index in [9.17, 15) is 35.5 Å².